The number of hydrogen-bond donors (Lipinski definition) is 1. The van der Waals surface area contributed by atoms with Crippen molar-refractivity contribution in [3.63, 3.8) is 0 Å². The van der Waals surface area contributed by atoms with Gasteiger partial charge in [0.05, 0.1) is 36.2 Å². The fourth-order valence-corrected chi connectivity index (χ4v) is 5.58. The summed E-state index contributed by atoms with van der Waals surface area (Å²) in [5.41, 5.74) is 4.13. The molecule has 0 bridgehead atoms. The molecule has 1 saturated heterocycles. The van der Waals surface area contributed by atoms with Crippen molar-refractivity contribution in [2.24, 2.45) is 5.92 Å². The molecule has 1 aromatic carbocycles. The van der Waals surface area contributed by atoms with Gasteiger partial charge in [-0.1, -0.05) is 6.07 Å². The van der Waals surface area contributed by atoms with E-state index in [0.717, 1.165) is 86.7 Å². The Kier molecular flexibility index (Phi) is 5.26. The van der Waals surface area contributed by atoms with Gasteiger partial charge in [-0.3, -0.25) is 4.79 Å². The fraction of sp³-hybridized carbons (Fsp3) is 0.538. The average Bonchev–Trinajstić information content (AvgIpc) is 3.63. The van der Waals surface area contributed by atoms with E-state index in [-0.39, 0.29) is 23.5 Å². The molecule has 7 heteroatoms. The van der Waals surface area contributed by atoms with Gasteiger partial charge in [-0.2, -0.15) is 0 Å². The number of nitrogens with zero attached hydrogens (tertiary/aromatic N) is 3. The normalized spacial score (nSPS) is 25.6. The van der Waals surface area contributed by atoms with Crippen LogP contribution in [-0.2, 0) is 20.8 Å². The predicted molar refractivity (Wildman–Crippen MR) is 128 cm³/mol. The van der Waals surface area contributed by atoms with Gasteiger partial charge in [-0.25, -0.2) is 4.98 Å². The van der Waals surface area contributed by atoms with Gasteiger partial charge in [0.15, 0.2) is 0 Å². The first kappa shape index (κ1) is 20.9. The molecule has 1 amide bonds. The van der Waals surface area contributed by atoms with E-state index < -0.39 is 0 Å². The van der Waals surface area contributed by atoms with Crippen molar-refractivity contribution in [1.82, 2.24) is 4.98 Å². The summed E-state index contributed by atoms with van der Waals surface area (Å²) in [4.78, 5) is 22.8. The number of hydrogen-bond acceptors (Lipinski definition) is 6. The molecule has 6 rings (SSSR count). The first-order chi connectivity index (χ1) is 16.1. The summed E-state index contributed by atoms with van der Waals surface area (Å²) in [5.74, 6) is 1.07. The summed E-state index contributed by atoms with van der Waals surface area (Å²) in [7, 11) is 1.77. The molecule has 2 saturated carbocycles. The van der Waals surface area contributed by atoms with E-state index in [1.165, 1.54) is 0 Å². The zero-order chi connectivity index (χ0) is 22.4. The summed E-state index contributed by atoms with van der Waals surface area (Å²) < 4.78 is 11.6. The molecule has 0 atom stereocenters. The lowest BCUT2D eigenvalue weighted by molar-refractivity contribution is -0.124. The van der Waals surface area contributed by atoms with Crippen LogP contribution in [0.4, 0.5) is 22.9 Å². The number of rotatable bonds is 3. The molecule has 2 aliphatic carbocycles. The number of ether oxygens (including phenoxy) is 2. The molecule has 174 valence electrons. The Bertz CT molecular complexity index is 1050. The molecule has 0 radical (unpaired) electrons. The van der Waals surface area contributed by atoms with Crippen molar-refractivity contribution in [3.05, 3.63) is 42.1 Å². The van der Waals surface area contributed by atoms with Crippen molar-refractivity contribution in [2.75, 3.05) is 41.9 Å². The van der Waals surface area contributed by atoms with Gasteiger partial charge in [-0.05, 0) is 62.8 Å². The molecule has 1 aromatic heterocycles. The number of fused-ring (bicyclic) bond motifs is 2. The second-order valence-corrected chi connectivity index (χ2v) is 9.92. The number of amides is 1. The van der Waals surface area contributed by atoms with Crippen LogP contribution in [0.2, 0.25) is 0 Å². The highest BCUT2D eigenvalue weighted by Crippen LogP contribution is 2.44. The topological polar surface area (TPSA) is 66.9 Å². The van der Waals surface area contributed by atoms with Crippen LogP contribution >= 0.6 is 0 Å². The number of nitrogens with one attached hydrogen (secondary N) is 1. The summed E-state index contributed by atoms with van der Waals surface area (Å²) in [5, 5.41) is 3.50. The Morgan fingerprint density at radius 3 is 2.85 bits per heavy atom. The molecular formula is C26H32N4O3. The molecule has 2 aromatic rings. The van der Waals surface area contributed by atoms with Crippen LogP contribution in [0.25, 0.3) is 0 Å². The number of anilines is 4. The molecule has 4 aliphatic rings. The standard InChI is InChI=1S/C26H32N4O3/c1-32-21-7-4-18(5-8-21)25(31)30-16-19-3-2-12-27-24(19)28-22-9-6-20(15-23(22)30)29-13-14-33-26(17-29)10-11-26/h2-3,6,9,12,15,18,21H,4-5,7-8,10-11,13-14,16-17H2,1H3,(H,27,28)/t18-,21-. The minimum atomic E-state index is 0.0317. The quantitative estimate of drug-likeness (QED) is 0.757. The highest BCUT2D eigenvalue weighted by atomic mass is 16.5. The monoisotopic (exact) mass is 448 g/mol. The van der Waals surface area contributed by atoms with Gasteiger partial charge < -0.3 is 24.6 Å². The third-order valence-electron chi connectivity index (χ3n) is 7.79. The highest BCUT2D eigenvalue weighted by molar-refractivity contribution is 6.00. The van der Waals surface area contributed by atoms with Gasteiger partial charge in [0.25, 0.3) is 0 Å². The molecular weight excluding hydrogens is 416 g/mol. The number of pyridine rings is 1. The number of morpholine rings is 1. The largest absolute Gasteiger partial charge is 0.381 e. The van der Waals surface area contributed by atoms with Crippen molar-refractivity contribution in [1.29, 1.82) is 0 Å². The molecule has 7 nitrogen and oxygen atoms in total. The van der Waals surface area contributed by atoms with Crippen LogP contribution in [0.3, 0.4) is 0 Å². The highest BCUT2D eigenvalue weighted by Gasteiger charge is 2.47. The lowest BCUT2D eigenvalue weighted by atomic mass is 9.86. The number of aromatic nitrogens is 1. The average molecular weight is 449 g/mol. The van der Waals surface area contributed by atoms with E-state index in [1.807, 2.05) is 11.0 Å². The summed E-state index contributed by atoms with van der Waals surface area (Å²) in [6.45, 7) is 3.10. The van der Waals surface area contributed by atoms with Crippen LogP contribution in [-0.4, -0.2) is 49.4 Å². The zero-order valence-electron chi connectivity index (χ0n) is 19.3. The maximum atomic E-state index is 13.9. The second-order valence-electron chi connectivity index (χ2n) is 9.92. The Balaban J connectivity index is 1.34. The summed E-state index contributed by atoms with van der Waals surface area (Å²) in [6.07, 6.45) is 8.01. The van der Waals surface area contributed by atoms with E-state index in [2.05, 4.69) is 39.5 Å². The van der Waals surface area contributed by atoms with Crippen molar-refractivity contribution >= 4 is 28.8 Å². The first-order valence-corrected chi connectivity index (χ1v) is 12.2. The van der Waals surface area contributed by atoms with Crippen LogP contribution in [0, 0.1) is 5.92 Å². The Morgan fingerprint density at radius 1 is 1.21 bits per heavy atom. The van der Waals surface area contributed by atoms with Crippen LogP contribution < -0.4 is 15.1 Å². The Hall–Kier alpha value is -2.64. The molecule has 1 spiro atoms. The van der Waals surface area contributed by atoms with Crippen LogP contribution in [0.1, 0.15) is 44.1 Å². The zero-order valence-corrected chi connectivity index (χ0v) is 19.3. The van der Waals surface area contributed by atoms with Crippen LogP contribution in [0.5, 0.6) is 0 Å². The Morgan fingerprint density at radius 2 is 2.06 bits per heavy atom. The second kappa shape index (κ2) is 8.29. The molecule has 1 N–H and O–H groups in total. The van der Waals surface area contributed by atoms with Gasteiger partial charge in [0, 0.05) is 43.6 Å². The van der Waals surface area contributed by atoms with E-state index >= 15 is 0 Å². The SMILES string of the molecule is CO[C@H]1CC[C@H](C(=O)N2Cc3cccnc3Nc3ccc(N4CCOC5(CC5)C4)cc32)CC1. The Labute approximate surface area is 195 Å². The van der Waals surface area contributed by atoms with Gasteiger partial charge in [-0.15, -0.1) is 0 Å². The summed E-state index contributed by atoms with van der Waals surface area (Å²) in [6, 6.07) is 10.5. The molecule has 2 aliphatic heterocycles. The maximum absolute atomic E-state index is 13.9. The molecule has 3 heterocycles. The number of benzene rings is 1. The number of carbonyl (C=O) groups is 1. The smallest absolute Gasteiger partial charge is 0.230 e. The van der Waals surface area contributed by atoms with Crippen molar-refractivity contribution in [3.8, 4) is 0 Å². The van der Waals surface area contributed by atoms with Gasteiger partial charge >= 0.3 is 0 Å². The van der Waals surface area contributed by atoms with Gasteiger partial charge in [0.1, 0.15) is 5.82 Å². The molecule has 0 unspecified atom stereocenters. The summed E-state index contributed by atoms with van der Waals surface area (Å²) >= 11 is 0. The van der Waals surface area contributed by atoms with Crippen LogP contribution in [0.15, 0.2) is 36.5 Å². The van der Waals surface area contributed by atoms with Crippen molar-refractivity contribution < 1.29 is 14.3 Å². The lowest BCUT2D eigenvalue weighted by Crippen LogP contribution is -2.44. The fourth-order valence-electron chi connectivity index (χ4n) is 5.58. The van der Waals surface area contributed by atoms with E-state index in [1.54, 1.807) is 13.3 Å². The molecule has 33 heavy (non-hydrogen) atoms. The minimum absolute atomic E-state index is 0.0317. The molecule has 3 fully saturated rings. The lowest BCUT2D eigenvalue weighted by Gasteiger charge is -2.36. The number of methoxy groups -OCH3 is 1. The first-order valence-electron chi connectivity index (χ1n) is 12.2. The minimum Gasteiger partial charge on any atom is -0.381 e. The van der Waals surface area contributed by atoms with E-state index in [9.17, 15) is 4.79 Å². The van der Waals surface area contributed by atoms with Crippen molar-refractivity contribution in [2.45, 2.75) is 56.8 Å². The van der Waals surface area contributed by atoms with E-state index in [0.29, 0.717) is 6.54 Å². The maximum Gasteiger partial charge on any atom is 0.230 e. The predicted octanol–water partition coefficient (Wildman–Crippen LogP) is 4.25. The third-order valence-corrected chi connectivity index (χ3v) is 7.79. The van der Waals surface area contributed by atoms with Gasteiger partial charge in [0.2, 0.25) is 5.91 Å². The van der Waals surface area contributed by atoms with E-state index in [4.69, 9.17) is 9.47 Å². The third kappa shape index (κ3) is 3.97. The number of carbonyl (C=O) groups excluding carboxylic acids is 1.